The molecule has 4 heterocycles. The lowest BCUT2D eigenvalue weighted by Crippen LogP contribution is -2.31. The van der Waals surface area contributed by atoms with Gasteiger partial charge in [-0.1, -0.05) is 37.1 Å². The fourth-order valence-electron chi connectivity index (χ4n) is 5.66. The smallest absolute Gasteiger partial charge is 0.330 e. The number of nitrogens with two attached hydrogens (primary N) is 1. The Balaban J connectivity index is 1.28. The standard InChI is InChI=1S/C33H33F3N8O2/c34-33(35,36)21-44-31(45)27(26-6-5-7-29-28(26)20-43(40-29)15-4-2-1-3-13-37)16-30(41-44)22-8-10-25(11-9-22)39-32(46)42-18-23-12-14-38-17-24(23)19-42/h5-12,14,16-17,20H,1-4,13,15,18-19,21,37H2,(H,39,46). The number of carbonyl (C=O) groups excluding carboxylic acids is 1. The van der Waals surface area contributed by atoms with Gasteiger partial charge < -0.3 is 16.0 Å². The van der Waals surface area contributed by atoms with Crippen molar-refractivity contribution in [2.24, 2.45) is 5.73 Å². The summed E-state index contributed by atoms with van der Waals surface area (Å²) in [6, 6.07) is 15.0. The van der Waals surface area contributed by atoms with Crippen LogP contribution in [-0.4, -0.2) is 48.2 Å². The number of benzene rings is 2. The summed E-state index contributed by atoms with van der Waals surface area (Å²) in [5.41, 5.74) is 9.12. The lowest BCUT2D eigenvalue weighted by Gasteiger charge is -2.17. The summed E-state index contributed by atoms with van der Waals surface area (Å²) in [4.78, 5) is 32.1. The molecule has 0 aliphatic carbocycles. The van der Waals surface area contributed by atoms with Gasteiger partial charge in [-0.3, -0.25) is 14.5 Å². The number of pyridine rings is 1. The molecule has 0 saturated carbocycles. The van der Waals surface area contributed by atoms with Gasteiger partial charge in [0, 0.05) is 54.9 Å². The third kappa shape index (κ3) is 6.94. The molecular weight excluding hydrogens is 597 g/mol. The number of carbonyl (C=O) groups is 1. The molecule has 238 valence electrons. The lowest BCUT2D eigenvalue weighted by molar-refractivity contribution is -0.143. The van der Waals surface area contributed by atoms with E-state index < -0.39 is 18.3 Å². The van der Waals surface area contributed by atoms with Crippen LogP contribution < -0.4 is 16.6 Å². The van der Waals surface area contributed by atoms with Crippen LogP contribution in [0.5, 0.6) is 0 Å². The largest absolute Gasteiger partial charge is 0.408 e. The van der Waals surface area contributed by atoms with E-state index in [4.69, 9.17) is 5.73 Å². The number of aryl methyl sites for hydroxylation is 1. The molecule has 10 nitrogen and oxygen atoms in total. The molecule has 5 aromatic rings. The van der Waals surface area contributed by atoms with Crippen molar-refractivity contribution in [1.29, 1.82) is 0 Å². The molecule has 2 aromatic carbocycles. The zero-order valence-electron chi connectivity index (χ0n) is 25.0. The summed E-state index contributed by atoms with van der Waals surface area (Å²) in [6.07, 6.45) is 4.50. The van der Waals surface area contributed by atoms with Crippen LogP contribution in [0.4, 0.5) is 23.7 Å². The van der Waals surface area contributed by atoms with Crippen molar-refractivity contribution in [2.45, 2.75) is 58.0 Å². The lowest BCUT2D eigenvalue weighted by atomic mass is 10.0. The van der Waals surface area contributed by atoms with Crippen LogP contribution in [0.2, 0.25) is 0 Å². The summed E-state index contributed by atoms with van der Waals surface area (Å²) < 4.78 is 43.0. The second-order valence-corrected chi connectivity index (χ2v) is 11.4. The predicted molar refractivity (Wildman–Crippen MR) is 169 cm³/mol. The van der Waals surface area contributed by atoms with Crippen LogP contribution >= 0.6 is 0 Å². The first-order valence-corrected chi connectivity index (χ1v) is 15.1. The second kappa shape index (κ2) is 13.1. The van der Waals surface area contributed by atoms with E-state index >= 15 is 0 Å². The van der Waals surface area contributed by atoms with Crippen LogP contribution in [-0.2, 0) is 26.2 Å². The van der Waals surface area contributed by atoms with Gasteiger partial charge in [-0.2, -0.15) is 23.4 Å². The first-order chi connectivity index (χ1) is 22.2. The molecule has 0 spiro atoms. The number of alkyl halides is 3. The fourth-order valence-corrected chi connectivity index (χ4v) is 5.66. The van der Waals surface area contributed by atoms with E-state index in [0.29, 0.717) is 58.6 Å². The predicted octanol–water partition coefficient (Wildman–Crippen LogP) is 5.95. The molecule has 3 aromatic heterocycles. The summed E-state index contributed by atoms with van der Waals surface area (Å²) in [7, 11) is 0. The van der Waals surface area contributed by atoms with E-state index in [2.05, 4.69) is 20.5 Å². The van der Waals surface area contributed by atoms with Crippen molar-refractivity contribution < 1.29 is 18.0 Å². The highest BCUT2D eigenvalue weighted by molar-refractivity contribution is 5.95. The molecule has 0 unspecified atom stereocenters. The first-order valence-electron chi connectivity index (χ1n) is 15.1. The van der Waals surface area contributed by atoms with Crippen molar-refractivity contribution in [3.8, 4) is 22.4 Å². The topological polar surface area (TPSA) is 124 Å². The number of nitrogens with one attached hydrogen (secondary N) is 1. The van der Waals surface area contributed by atoms with Crippen LogP contribution in [0.15, 0.2) is 78.0 Å². The van der Waals surface area contributed by atoms with Gasteiger partial charge in [-0.15, -0.1) is 0 Å². The number of anilines is 1. The highest BCUT2D eigenvalue weighted by atomic mass is 19.4. The Morgan fingerprint density at radius 1 is 0.935 bits per heavy atom. The van der Waals surface area contributed by atoms with Gasteiger partial charge in [0.05, 0.1) is 16.8 Å². The highest BCUT2D eigenvalue weighted by Crippen LogP contribution is 2.30. The van der Waals surface area contributed by atoms with Crippen LogP contribution in [0, 0.1) is 0 Å². The Bertz CT molecular complexity index is 1890. The van der Waals surface area contributed by atoms with Crippen LogP contribution in [0.3, 0.4) is 0 Å². The molecule has 1 aliphatic heterocycles. The number of rotatable bonds is 10. The second-order valence-electron chi connectivity index (χ2n) is 11.4. The number of nitrogens with zero attached hydrogens (tertiary/aromatic N) is 6. The van der Waals surface area contributed by atoms with Crippen molar-refractivity contribution in [3.63, 3.8) is 0 Å². The van der Waals surface area contributed by atoms with Crippen LogP contribution in [0.1, 0.15) is 36.8 Å². The van der Waals surface area contributed by atoms with E-state index in [9.17, 15) is 22.8 Å². The van der Waals surface area contributed by atoms with Gasteiger partial charge in [-0.25, -0.2) is 9.48 Å². The molecule has 0 fully saturated rings. The van der Waals surface area contributed by atoms with E-state index in [1.54, 1.807) is 58.4 Å². The minimum Gasteiger partial charge on any atom is -0.330 e. The monoisotopic (exact) mass is 630 g/mol. The average molecular weight is 631 g/mol. The maximum absolute atomic E-state index is 13.6. The van der Waals surface area contributed by atoms with Crippen molar-refractivity contribution in [3.05, 3.63) is 94.7 Å². The maximum atomic E-state index is 13.6. The third-order valence-electron chi connectivity index (χ3n) is 7.98. The summed E-state index contributed by atoms with van der Waals surface area (Å²) in [5, 5.41) is 12.2. The molecule has 13 heteroatoms. The summed E-state index contributed by atoms with van der Waals surface area (Å²) >= 11 is 0. The molecule has 1 aliphatic rings. The first kappa shape index (κ1) is 31.0. The fraction of sp³-hybridized carbons (Fsp3) is 0.303. The minimum absolute atomic E-state index is 0.0859. The molecule has 2 amide bonds. The zero-order valence-corrected chi connectivity index (χ0v) is 25.0. The number of unbranched alkanes of at least 4 members (excludes halogenated alkanes) is 3. The molecule has 0 bridgehead atoms. The Hall–Kier alpha value is -5.04. The van der Waals surface area contributed by atoms with Gasteiger partial charge in [0.25, 0.3) is 5.56 Å². The van der Waals surface area contributed by atoms with Crippen molar-refractivity contribution in [1.82, 2.24) is 29.4 Å². The molecule has 0 atom stereocenters. The quantitative estimate of drug-likeness (QED) is 0.184. The molecule has 0 saturated heterocycles. The molecule has 3 N–H and O–H groups in total. The number of fused-ring (bicyclic) bond motifs is 2. The normalized spacial score (nSPS) is 12.9. The molecule has 0 radical (unpaired) electrons. The minimum atomic E-state index is -4.66. The Kier molecular flexibility index (Phi) is 8.84. The van der Waals surface area contributed by atoms with E-state index in [0.717, 1.165) is 36.8 Å². The molecular formula is C33H33F3N8O2. The Labute approximate surface area is 262 Å². The maximum Gasteiger partial charge on any atom is 0.408 e. The molecule has 46 heavy (non-hydrogen) atoms. The van der Waals surface area contributed by atoms with Crippen LogP contribution in [0.25, 0.3) is 33.3 Å². The van der Waals surface area contributed by atoms with E-state index in [1.165, 1.54) is 6.07 Å². The van der Waals surface area contributed by atoms with Crippen molar-refractivity contribution >= 4 is 22.6 Å². The number of hydrogen-bond acceptors (Lipinski definition) is 6. The van der Waals surface area contributed by atoms with E-state index in [-0.39, 0.29) is 17.3 Å². The highest BCUT2D eigenvalue weighted by Gasteiger charge is 2.30. The Morgan fingerprint density at radius 2 is 1.72 bits per heavy atom. The SMILES string of the molecule is NCCCCCCn1cc2c(-c3cc(-c4ccc(NC(=O)N5Cc6ccncc6C5)cc4)nn(CC(F)(F)F)c3=O)cccc2n1. The number of aromatic nitrogens is 5. The molecule has 6 rings (SSSR count). The van der Waals surface area contributed by atoms with Gasteiger partial charge in [0.15, 0.2) is 0 Å². The van der Waals surface area contributed by atoms with Crippen molar-refractivity contribution in [2.75, 3.05) is 11.9 Å². The number of urea groups is 1. The summed E-state index contributed by atoms with van der Waals surface area (Å²) in [5.74, 6) is 0. The van der Waals surface area contributed by atoms with Gasteiger partial charge in [0.1, 0.15) is 6.54 Å². The number of hydrogen-bond donors (Lipinski definition) is 2. The zero-order chi connectivity index (χ0) is 32.3. The summed E-state index contributed by atoms with van der Waals surface area (Å²) in [6.45, 7) is 0.703. The van der Waals surface area contributed by atoms with Gasteiger partial charge in [0.2, 0.25) is 0 Å². The van der Waals surface area contributed by atoms with Gasteiger partial charge >= 0.3 is 12.2 Å². The van der Waals surface area contributed by atoms with Gasteiger partial charge in [-0.05, 0) is 66.4 Å². The average Bonchev–Trinajstić information content (AvgIpc) is 3.66. The number of halogens is 3. The number of amides is 2. The Morgan fingerprint density at radius 3 is 2.48 bits per heavy atom. The van der Waals surface area contributed by atoms with E-state index in [1.807, 2.05) is 18.3 Å². The third-order valence-corrected chi connectivity index (χ3v) is 7.98.